The Labute approximate surface area is 96.3 Å². The molecule has 2 heterocycles. The lowest BCUT2D eigenvalue weighted by atomic mass is 10.1. The zero-order chi connectivity index (χ0) is 11.4. The van der Waals surface area contributed by atoms with Crippen LogP contribution >= 0.6 is 0 Å². The van der Waals surface area contributed by atoms with E-state index in [1.807, 2.05) is 19.2 Å². The highest BCUT2D eigenvalue weighted by Gasteiger charge is 2.20. The van der Waals surface area contributed by atoms with E-state index < -0.39 is 6.10 Å². The highest BCUT2D eigenvalue weighted by atomic mass is 16.3. The van der Waals surface area contributed by atoms with E-state index in [0.717, 1.165) is 24.5 Å². The van der Waals surface area contributed by atoms with Crippen LogP contribution in [-0.2, 0) is 0 Å². The van der Waals surface area contributed by atoms with Crippen LogP contribution in [0.4, 0.5) is 5.82 Å². The summed E-state index contributed by atoms with van der Waals surface area (Å²) in [6.07, 6.45) is 3.76. The maximum absolute atomic E-state index is 10.0. The zero-order valence-electron chi connectivity index (χ0n) is 9.69. The summed E-state index contributed by atoms with van der Waals surface area (Å²) in [5.74, 6) is 0.947. The minimum Gasteiger partial charge on any atom is -0.387 e. The van der Waals surface area contributed by atoms with Gasteiger partial charge in [-0.1, -0.05) is 6.07 Å². The molecule has 0 amide bonds. The summed E-state index contributed by atoms with van der Waals surface area (Å²) in [5, 5.41) is 13.0. The fraction of sp³-hybridized carbons (Fsp3) is 0.583. The van der Waals surface area contributed by atoms with Crippen LogP contribution in [0.25, 0.3) is 0 Å². The summed E-state index contributed by atoms with van der Waals surface area (Å²) in [5.41, 5.74) is 0.929. The molecule has 0 spiro atoms. The van der Waals surface area contributed by atoms with Crippen molar-refractivity contribution in [3.05, 3.63) is 23.9 Å². The van der Waals surface area contributed by atoms with Crippen molar-refractivity contribution < 1.29 is 5.11 Å². The highest BCUT2D eigenvalue weighted by molar-refractivity contribution is 5.48. The molecule has 4 nitrogen and oxygen atoms in total. The molecule has 0 bridgehead atoms. The number of anilines is 1. The first kappa shape index (κ1) is 11.4. The molecule has 1 aliphatic rings. The molecule has 1 fully saturated rings. The molecule has 1 unspecified atom stereocenters. The molecule has 0 radical (unpaired) electrons. The number of likely N-dealkylation sites (N-methyl/N-ethyl adjacent to an activating group) is 1. The normalized spacial score (nSPS) is 17.8. The van der Waals surface area contributed by atoms with Crippen molar-refractivity contribution in [1.29, 1.82) is 0 Å². The van der Waals surface area contributed by atoms with Crippen molar-refractivity contribution in [3.63, 3.8) is 0 Å². The number of pyridine rings is 1. The SMILES string of the molecule is CNCC(O)c1cccnc1N1CCCC1. The predicted molar refractivity (Wildman–Crippen MR) is 64.6 cm³/mol. The third-order valence-electron chi connectivity index (χ3n) is 2.98. The van der Waals surface area contributed by atoms with Crippen LogP contribution in [0, 0.1) is 0 Å². The average Bonchev–Trinajstić information content (AvgIpc) is 2.83. The van der Waals surface area contributed by atoms with E-state index in [-0.39, 0.29) is 0 Å². The predicted octanol–water partition coefficient (Wildman–Crippen LogP) is 0.935. The molecule has 1 aliphatic heterocycles. The second-order valence-corrected chi connectivity index (χ2v) is 4.18. The molecule has 2 N–H and O–H groups in total. The second kappa shape index (κ2) is 5.27. The van der Waals surface area contributed by atoms with Crippen molar-refractivity contribution in [2.75, 3.05) is 31.6 Å². The molecule has 1 aromatic heterocycles. The zero-order valence-corrected chi connectivity index (χ0v) is 9.69. The van der Waals surface area contributed by atoms with Crippen LogP contribution in [0.15, 0.2) is 18.3 Å². The Balaban J connectivity index is 2.22. The molecular formula is C12H19N3O. The average molecular weight is 221 g/mol. The standard InChI is InChI=1S/C12H19N3O/c1-13-9-11(16)10-5-4-6-14-12(10)15-7-2-3-8-15/h4-6,11,13,16H,2-3,7-9H2,1H3. The number of hydrogen-bond donors (Lipinski definition) is 2. The Kier molecular flexibility index (Phi) is 3.74. The second-order valence-electron chi connectivity index (χ2n) is 4.18. The highest BCUT2D eigenvalue weighted by Crippen LogP contribution is 2.26. The van der Waals surface area contributed by atoms with Gasteiger partial charge in [0.1, 0.15) is 5.82 Å². The Morgan fingerprint density at radius 1 is 1.50 bits per heavy atom. The van der Waals surface area contributed by atoms with Gasteiger partial charge in [0.2, 0.25) is 0 Å². The van der Waals surface area contributed by atoms with Crippen LogP contribution in [0.5, 0.6) is 0 Å². The fourth-order valence-electron chi connectivity index (χ4n) is 2.17. The molecule has 16 heavy (non-hydrogen) atoms. The van der Waals surface area contributed by atoms with Gasteiger partial charge in [0.05, 0.1) is 6.10 Å². The van der Waals surface area contributed by atoms with Crippen molar-refractivity contribution in [2.24, 2.45) is 0 Å². The molecule has 4 heteroatoms. The van der Waals surface area contributed by atoms with Gasteiger partial charge in [-0.3, -0.25) is 0 Å². The van der Waals surface area contributed by atoms with Gasteiger partial charge in [-0.2, -0.15) is 0 Å². The Bertz CT molecular complexity index is 337. The van der Waals surface area contributed by atoms with Crippen molar-refractivity contribution in [2.45, 2.75) is 18.9 Å². The smallest absolute Gasteiger partial charge is 0.134 e. The Morgan fingerprint density at radius 3 is 2.94 bits per heavy atom. The molecule has 2 rings (SSSR count). The van der Waals surface area contributed by atoms with Crippen LogP contribution in [0.2, 0.25) is 0 Å². The first-order valence-electron chi connectivity index (χ1n) is 5.85. The van der Waals surface area contributed by atoms with Gasteiger partial charge in [-0.05, 0) is 26.0 Å². The number of nitrogens with one attached hydrogen (secondary N) is 1. The third-order valence-corrected chi connectivity index (χ3v) is 2.98. The molecule has 1 aromatic rings. The minimum atomic E-state index is -0.478. The van der Waals surface area contributed by atoms with Crippen LogP contribution < -0.4 is 10.2 Å². The maximum Gasteiger partial charge on any atom is 0.134 e. The number of nitrogens with zero attached hydrogens (tertiary/aromatic N) is 2. The van der Waals surface area contributed by atoms with Gasteiger partial charge in [0.25, 0.3) is 0 Å². The van der Waals surface area contributed by atoms with E-state index in [1.165, 1.54) is 12.8 Å². The van der Waals surface area contributed by atoms with Gasteiger partial charge < -0.3 is 15.3 Å². The number of aromatic nitrogens is 1. The molecule has 1 saturated heterocycles. The molecule has 0 aliphatic carbocycles. The summed E-state index contributed by atoms with van der Waals surface area (Å²) in [6, 6.07) is 3.84. The summed E-state index contributed by atoms with van der Waals surface area (Å²) in [6.45, 7) is 2.67. The first-order valence-corrected chi connectivity index (χ1v) is 5.85. The third kappa shape index (κ3) is 2.33. The Morgan fingerprint density at radius 2 is 2.25 bits per heavy atom. The van der Waals surface area contributed by atoms with Crippen LogP contribution in [0.1, 0.15) is 24.5 Å². The fourth-order valence-corrected chi connectivity index (χ4v) is 2.17. The van der Waals surface area contributed by atoms with Crippen LogP contribution in [-0.4, -0.2) is 36.8 Å². The van der Waals surface area contributed by atoms with Gasteiger partial charge in [-0.25, -0.2) is 4.98 Å². The molecular weight excluding hydrogens is 202 g/mol. The van der Waals surface area contributed by atoms with E-state index in [0.29, 0.717) is 6.54 Å². The van der Waals surface area contributed by atoms with Crippen LogP contribution in [0.3, 0.4) is 0 Å². The van der Waals surface area contributed by atoms with E-state index >= 15 is 0 Å². The summed E-state index contributed by atoms with van der Waals surface area (Å²) in [7, 11) is 1.84. The van der Waals surface area contributed by atoms with E-state index in [1.54, 1.807) is 6.20 Å². The monoisotopic (exact) mass is 221 g/mol. The minimum absolute atomic E-state index is 0.478. The summed E-state index contributed by atoms with van der Waals surface area (Å²) >= 11 is 0. The van der Waals surface area contributed by atoms with Gasteiger partial charge >= 0.3 is 0 Å². The molecule has 1 atom stereocenters. The largest absolute Gasteiger partial charge is 0.387 e. The number of hydrogen-bond acceptors (Lipinski definition) is 4. The molecule has 88 valence electrons. The lowest BCUT2D eigenvalue weighted by molar-refractivity contribution is 0.178. The lowest BCUT2D eigenvalue weighted by Crippen LogP contribution is -2.24. The van der Waals surface area contributed by atoms with Gasteiger partial charge in [0, 0.05) is 31.4 Å². The molecule has 0 aromatic carbocycles. The van der Waals surface area contributed by atoms with Gasteiger partial charge in [-0.15, -0.1) is 0 Å². The van der Waals surface area contributed by atoms with E-state index in [4.69, 9.17) is 0 Å². The first-order chi connectivity index (χ1) is 7.83. The lowest BCUT2D eigenvalue weighted by Gasteiger charge is -2.22. The number of rotatable bonds is 4. The van der Waals surface area contributed by atoms with Gasteiger partial charge in [0.15, 0.2) is 0 Å². The summed E-state index contributed by atoms with van der Waals surface area (Å²) < 4.78 is 0. The van der Waals surface area contributed by atoms with E-state index in [2.05, 4.69) is 15.2 Å². The van der Waals surface area contributed by atoms with Crippen molar-refractivity contribution >= 4 is 5.82 Å². The quantitative estimate of drug-likeness (QED) is 0.794. The Hall–Kier alpha value is -1.13. The maximum atomic E-state index is 10.0. The van der Waals surface area contributed by atoms with E-state index in [9.17, 15) is 5.11 Å². The van der Waals surface area contributed by atoms with Crippen molar-refractivity contribution in [3.8, 4) is 0 Å². The molecule has 0 saturated carbocycles. The number of aliphatic hydroxyl groups is 1. The summed E-state index contributed by atoms with van der Waals surface area (Å²) in [4.78, 5) is 6.66. The number of aliphatic hydroxyl groups excluding tert-OH is 1. The van der Waals surface area contributed by atoms with Crippen molar-refractivity contribution in [1.82, 2.24) is 10.3 Å². The topological polar surface area (TPSA) is 48.4 Å².